The van der Waals surface area contributed by atoms with E-state index in [9.17, 15) is 0 Å². The van der Waals surface area contributed by atoms with Crippen molar-refractivity contribution >= 4 is 11.1 Å². The lowest BCUT2D eigenvalue weighted by Gasteiger charge is -2.02. The highest BCUT2D eigenvalue weighted by Crippen LogP contribution is 2.17. The van der Waals surface area contributed by atoms with Crippen LogP contribution >= 0.6 is 0 Å². The van der Waals surface area contributed by atoms with E-state index < -0.39 is 0 Å². The maximum atomic E-state index is 4.34. The molecule has 0 aliphatic rings. The Morgan fingerprint density at radius 1 is 0.900 bits per heavy atom. The van der Waals surface area contributed by atoms with Gasteiger partial charge in [0.2, 0.25) is 0 Å². The first kappa shape index (κ1) is 13.9. The highest BCUT2D eigenvalue weighted by atomic mass is 14.7. The van der Waals surface area contributed by atoms with Gasteiger partial charge in [0, 0.05) is 12.4 Å². The topological polar surface area (TPSA) is 25.8 Å². The number of hydrogen-bond donors (Lipinski definition) is 0. The molecule has 0 bridgehead atoms. The second-order valence-electron chi connectivity index (χ2n) is 4.67. The van der Waals surface area contributed by atoms with E-state index in [1.807, 2.05) is 42.5 Å². The van der Waals surface area contributed by atoms with Gasteiger partial charge in [-0.15, -0.1) is 0 Å². The second-order valence-corrected chi connectivity index (χ2v) is 4.67. The Balaban J connectivity index is 2.17. The number of pyridine rings is 2. The van der Waals surface area contributed by atoms with Gasteiger partial charge in [-0.3, -0.25) is 9.97 Å². The zero-order valence-electron chi connectivity index (χ0n) is 11.9. The normalized spacial score (nSPS) is 12.3. The van der Waals surface area contributed by atoms with Gasteiger partial charge < -0.3 is 0 Å². The van der Waals surface area contributed by atoms with E-state index in [1.165, 1.54) is 0 Å². The molecule has 0 aliphatic carbocycles. The van der Waals surface area contributed by atoms with Crippen LogP contribution in [0, 0.1) is 0 Å². The van der Waals surface area contributed by atoms with Crippen LogP contribution in [0.5, 0.6) is 0 Å². The molecular formula is C18H18N2. The number of hydrogen-bond acceptors (Lipinski definition) is 2. The Hall–Kier alpha value is -2.48. The number of nitrogens with zero attached hydrogens (tertiary/aromatic N) is 2. The lowest BCUT2D eigenvalue weighted by atomic mass is 10.1. The van der Waals surface area contributed by atoms with Gasteiger partial charge in [-0.25, -0.2) is 0 Å². The van der Waals surface area contributed by atoms with Gasteiger partial charge in [0.1, 0.15) is 0 Å². The molecule has 0 saturated heterocycles. The van der Waals surface area contributed by atoms with Crippen LogP contribution < -0.4 is 0 Å². The van der Waals surface area contributed by atoms with Gasteiger partial charge in [0.25, 0.3) is 0 Å². The van der Waals surface area contributed by atoms with E-state index in [0.717, 1.165) is 28.1 Å². The molecule has 2 aromatic rings. The minimum absolute atomic E-state index is 0.899. The van der Waals surface area contributed by atoms with Crippen LogP contribution in [-0.4, -0.2) is 9.97 Å². The number of rotatable bonds is 4. The lowest BCUT2D eigenvalue weighted by molar-refractivity contribution is 1.26. The van der Waals surface area contributed by atoms with Crippen molar-refractivity contribution in [2.24, 2.45) is 0 Å². The van der Waals surface area contributed by atoms with Crippen molar-refractivity contribution in [3.8, 4) is 0 Å². The van der Waals surface area contributed by atoms with Crippen molar-refractivity contribution in [1.82, 2.24) is 9.97 Å². The molecule has 0 aromatic carbocycles. The average molecular weight is 262 g/mol. The molecule has 0 unspecified atom stereocenters. The van der Waals surface area contributed by atoms with Gasteiger partial charge in [-0.1, -0.05) is 36.4 Å². The van der Waals surface area contributed by atoms with Crippen LogP contribution in [-0.2, 0) is 0 Å². The molecule has 2 nitrogen and oxygen atoms in total. The average Bonchev–Trinajstić information content (AvgIpc) is 2.49. The lowest BCUT2D eigenvalue weighted by Crippen LogP contribution is -1.86. The first-order valence-corrected chi connectivity index (χ1v) is 6.55. The molecule has 0 atom stereocenters. The monoisotopic (exact) mass is 262 g/mol. The quantitative estimate of drug-likeness (QED) is 0.756. The van der Waals surface area contributed by atoms with Crippen LogP contribution in [0.2, 0.25) is 0 Å². The van der Waals surface area contributed by atoms with Crippen molar-refractivity contribution in [1.29, 1.82) is 0 Å². The van der Waals surface area contributed by atoms with E-state index in [0.29, 0.717) is 0 Å². The van der Waals surface area contributed by atoms with Crippen molar-refractivity contribution in [3.63, 3.8) is 0 Å². The van der Waals surface area contributed by atoms with Gasteiger partial charge in [-0.2, -0.15) is 0 Å². The molecule has 0 spiro atoms. The summed E-state index contributed by atoms with van der Waals surface area (Å²) in [5, 5.41) is 0. The van der Waals surface area contributed by atoms with Crippen molar-refractivity contribution in [3.05, 3.63) is 84.5 Å². The van der Waals surface area contributed by atoms with Gasteiger partial charge in [-0.05, 0) is 49.3 Å². The van der Waals surface area contributed by atoms with Crippen LogP contribution in [0.25, 0.3) is 11.1 Å². The maximum absolute atomic E-state index is 4.34. The molecule has 0 radical (unpaired) electrons. The van der Waals surface area contributed by atoms with Gasteiger partial charge in [0.15, 0.2) is 0 Å². The summed E-state index contributed by atoms with van der Waals surface area (Å²) in [4.78, 5) is 8.63. The first-order valence-electron chi connectivity index (χ1n) is 6.55. The Bertz CT molecular complexity index is 638. The van der Waals surface area contributed by atoms with E-state index in [-0.39, 0.29) is 0 Å². The second kappa shape index (κ2) is 6.62. The van der Waals surface area contributed by atoms with Crippen LogP contribution in [0.1, 0.15) is 25.2 Å². The molecule has 0 saturated carbocycles. The summed E-state index contributed by atoms with van der Waals surface area (Å²) in [7, 11) is 0. The molecule has 0 fully saturated rings. The summed E-state index contributed by atoms with van der Waals surface area (Å²) in [6.07, 6.45) is 7.72. The first-order chi connectivity index (χ1) is 9.66. The smallest absolute Gasteiger partial charge is 0.0696 e. The van der Waals surface area contributed by atoms with E-state index >= 15 is 0 Å². The summed E-state index contributed by atoms with van der Waals surface area (Å²) < 4.78 is 0. The number of aromatic nitrogens is 2. The van der Waals surface area contributed by atoms with E-state index in [1.54, 1.807) is 12.4 Å². The molecule has 0 amide bonds. The molecule has 100 valence electrons. The Kier molecular flexibility index (Phi) is 4.61. The highest BCUT2D eigenvalue weighted by Gasteiger charge is 1.98. The van der Waals surface area contributed by atoms with Gasteiger partial charge in [0.05, 0.1) is 11.4 Å². The predicted octanol–water partition coefficient (Wildman–Crippen LogP) is 4.54. The summed E-state index contributed by atoms with van der Waals surface area (Å²) in [6.45, 7) is 8.18. The fourth-order valence-corrected chi connectivity index (χ4v) is 1.95. The van der Waals surface area contributed by atoms with E-state index in [2.05, 4.69) is 36.5 Å². The molecule has 20 heavy (non-hydrogen) atoms. The summed E-state index contributed by atoms with van der Waals surface area (Å²) >= 11 is 0. The van der Waals surface area contributed by atoms with Crippen molar-refractivity contribution in [2.45, 2.75) is 13.8 Å². The van der Waals surface area contributed by atoms with Crippen molar-refractivity contribution < 1.29 is 0 Å². The third-order valence-electron chi connectivity index (χ3n) is 2.91. The fraction of sp³-hybridized carbons (Fsp3) is 0.111. The molecule has 0 aliphatic heterocycles. The summed E-state index contributed by atoms with van der Waals surface area (Å²) in [6, 6.07) is 11.7. The third kappa shape index (κ3) is 3.75. The molecule has 2 aromatic heterocycles. The van der Waals surface area contributed by atoms with Crippen LogP contribution in [0.15, 0.2) is 73.1 Å². The minimum Gasteiger partial charge on any atom is -0.257 e. The molecule has 2 heteroatoms. The van der Waals surface area contributed by atoms with Gasteiger partial charge >= 0.3 is 0 Å². The van der Waals surface area contributed by atoms with E-state index in [4.69, 9.17) is 0 Å². The Morgan fingerprint density at radius 2 is 1.50 bits per heavy atom. The standard InChI is InChI=1S/C18H18N2/c1-14(12-15(2)17-8-4-6-10-19-17)13-16(3)18-9-5-7-11-20-18/h4-13H,2H2,1,3H3/b14-12-,16-13+. The summed E-state index contributed by atoms with van der Waals surface area (Å²) in [5.41, 5.74) is 5.06. The maximum Gasteiger partial charge on any atom is 0.0696 e. The molecular weight excluding hydrogens is 244 g/mol. The fourth-order valence-electron chi connectivity index (χ4n) is 1.95. The van der Waals surface area contributed by atoms with Crippen molar-refractivity contribution in [2.75, 3.05) is 0 Å². The summed E-state index contributed by atoms with van der Waals surface area (Å²) in [5.74, 6) is 0. The zero-order chi connectivity index (χ0) is 14.4. The highest BCUT2D eigenvalue weighted by molar-refractivity contribution is 5.72. The SMILES string of the molecule is C=C(/C=C(C)\C=C(/C)c1ccccn1)c1ccccn1. The molecule has 2 heterocycles. The van der Waals surface area contributed by atoms with Crippen LogP contribution in [0.3, 0.4) is 0 Å². The number of allylic oxidation sites excluding steroid dienone is 5. The minimum atomic E-state index is 0.899. The Labute approximate surface area is 120 Å². The predicted molar refractivity (Wildman–Crippen MR) is 84.9 cm³/mol. The molecule has 2 rings (SSSR count). The third-order valence-corrected chi connectivity index (χ3v) is 2.91. The largest absolute Gasteiger partial charge is 0.257 e. The van der Waals surface area contributed by atoms with Crippen LogP contribution in [0.4, 0.5) is 0 Å². The zero-order valence-corrected chi connectivity index (χ0v) is 11.9. The Morgan fingerprint density at radius 3 is 2.05 bits per heavy atom. The molecule has 0 N–H and O–H groups in total.